The molecule has 1 radical (unpaired) electrons. The van der Waals surface area contributed by atoms with E-state index in [1.54, 1.807) is 0 Å². The molecule has 0 atom stereocenters. The molecule has 0 aliphatic carbocycles. The van der Waals surface area contributed by atoms with E-state index in [2.05, 4.69) is 5.32 Å². The van der Waals surface area contributed by atoms with Gasteiger partial charge in [-0.1, -0.05) is 18.2 Å². The number of benzene rings is 1. The van der Waals surface area contributed by atoms with Crippen LogP contribution in [-0.4, -0.2) is 12.5 Å². The summed E-state index contributed by atoms with van der Waals surface area (Å²) >= 11 is 0. The average Bonchev–Trinajstić information content (AvgIpc) is 2.47. The second-order valence-electron chi connectivity index (χ2n) is 2.41. The van der Waals surface area contributed by atoms with Gasteiger partial charge < -0.3 is 0 Å². The molecule has 11 heavy (non-hydrogen) atoms. The molecule has 0 saturated carbocycles. The van der Waals surface area contributed by atoms with Gasteiger partial charge in [0.05, 0.1) is 17.8 Å². The summed E-state index contributed by atoms with van der Waals surface area (Å²) in [7, 11) is 0. The van der Waals surface area contributed by atoms with Crippen molar-refractivity contribution in [2.45, 2.75) is 0 Å². The molecule has 1 aromatic carbocycles. The maximum absolute atomic E-state index is 10.3. The fourth-order valence-electron chi connectivity index (χ4n) is 1.20. The van der Waals surface area contributed by atoms with Crippen molar-refractivity contribution in [2.75, 3.05) is 6.54 Å². The van der Waals surface area contributed by atoms with Crippen LogP contribution in [0.15, 0.2) is 24.3 Å². The summed E-state index contributed by atoms with van der Waals surface area (Å²) in [6.45, 7) is 0.489. The molecule has 1 aliphatic heterocycles. The number of fused-ring (bicyclic) bond motifs is 1. The van der Waals surface area contributed by atoms with Gasteiger partial charge in [-0.15, -0.1) is 0 Å². The Balaban J connectivity index is 2.64. The third-order valence-corrected chi connectivity index (χ3v) is 1.76. The van der Waals surface area contributed by atoms with Gasteiger partial charge >= 0.3 is 0 Å². The van der Waals surface area contributed by atoms with E-state index >= 15 is 0 Å². The van der Waals surface area contributed by atoms with E-state index in [0.29, 0.717) is 12.1 Å². The molecule has 1 aliphatic rings. The average molecular weight is 144 g/mol. The molecular formula is C9H6NO. The summed E-state index contributed by atoms with van der Waals surface area (Å²) in [6, 6.07) is 7.61. The maximum atomic E-state index is 10.3. The normalized spacial score (nSPS) is 13.6. The lowest BCUT2D eigenvalue weighted by Gasteiger charge is -1.92. The zero-order chi connectivity index (χ0) is 7.68. The minimum absolute atomic E-state index is 0.489. The Labute approximate surface area is 64.5 Å². The Kier molecular flexibility index (Phi) is 1.27. The molecule has 0 unspecified atom stereocenters. The number of para-hydroxylation sites is 1. The topological polar surface area (TPSA) is 31.2 Å². The van der Waals surface area contributed by atoms with E-state index in [1.165, 1.54) is 0 Å². The van der Waals surface area contributed by atoms with Gasteiger partial charge in [-0.2, -0.15) is 0 Å². The van der Waals surface area contributed by atoms with Crippen molar-refractivity contribution >= 4 is 17.2 Å². The van der Waals surface area contributed by atoms with Gasteiger partial charge in [0.25, 0.3) is 0 Å². The summed E-state index contributed by atoms with van der Waals surface area (Å²) in [5.41, 5.74) is 2.51. The van der Waals surface area contributed by atoms with Crippen molar-refractivity contribution in [3.63, 3.8) is 0 Å². The molecule has 0 amide bonds. The van der Waals surface area contributed by atoms with Gasteiger partial charge in [0, 0.05) is 5.56 Å². The van der Waals surface area contributed by atoms with Crippen LogP contribution in [0, 0.1) is 0 Å². The molecule has 0 aromatic heterocycles. The van der Waals surface area contributed by atoms with Gasteiger partial charge in [0.2, 0.25) is 0 Å². The van der Waals surface area contributed by atoms with Crippen molar-refractivity contribution in [1.29, 1.82) is 0 Å². The summed E-state index contributed by atoms with van der Waals surface area (Å²) in [4.78, 5) is 10.3. The molecule has 53 valence electrons. The van der Waals surface area contributed by atoms with Crippen molar-refractivity contribution in [3.8, 4) is 0 Å². The van der Waals surface area contributed by atoms with Crippen molar-refractivity contribution in [1.82, 2.24) is 5.32 Å². The first kappa shape index (κ1) is 6.20. The second-order valence-corrected chi connectivity index (χ2v) is 2.41. The highest BCUT2D eigenvalue weighted by Crippen LogP contribution is 2.27. The second kappa shape index (κ2) is 2.26. The molecule has 0 bridgehead atoms. The monoisotopic (exact) mass is 144 g/mol. The van der Waals surface area contributed by atoms with Crippen LogP contribution in [0.4, 0.5) is 5.69 Å². The Morgan fingerprint density at radius 1 is 1.36 bits per heavy atom. The number of carbonyl (C=O) groups excluding carboxylic acids is 1. The zero-order valence-electron chi connectivity index (χ0n) is 5.87. The molecule has 2 nitrogen and oxygen atoms in total. The van der Waals surface area contributed by atoms with Crippen LogP contribution >= 0.6 is 0 Å². The van der Waals surface area contributed by atoms with Crippen LogP contribution in [0.25, 0.3) is 5.57 Å². The van der Waals surface area contributed by atoms with Crippen molar-refractivity contribution in [3.05, 3.63) is 29.8 Å². The van der Waals surface area contributed by atoms with E-state index in [0.717, 1.165) is 11.3 Å². The van der Waals surface area contributed by atoms with Gasteiger partial charge in [0.1, 0.15) is 5.94 Å². The largest absolute Gasteiger partial charge is 0.279 e. The van der Waals surface area contributed by atoms with E-state index in [1.807, 2.05) is 30.2 Å². The van der Waals surface area contributed by atoms with Gasteiger partial charge in [-0.3, -0.25) is 5.32 Å². The Hall–Kier alpha value is -1.53. The number of hydrogen-bond donors (Lipinski definition) is 0. The van der Waals surface area contributed by atoms with E-state index in [4.69, 9.17) is 0 Å². The van der Waals surface area contributed by atoms with Crippen LogP contribution < -0.4 is 5.32 Å². The Morgan fingerprint density at radius 2 is 2.18 bits per heavy atom. The molecule has 1 heterocycles. The highest BCUT2D eigenvalue weighted by atomic mass is 16.1. The Bertz CT molecular complexity index is 337. The first-order chi connectivity index (χ1) is 5.42. The highest BCUT2D eigenvalue weighted by Gasteiger charge is 2.16. The maximum Gasteiger partial charge on any atom is 0.130 e. The lowest BCUT2D eigenvalue weighted by atomic mass is 10.1. The molecule has 0 N–H and O–H groups in total. The van der Waals surface area contributed by atoms with Crippen LogP contribution in [0.5, 0.6) is 0 Å². The van der Waals surface area contributed by atoms with Gasteiger partial charge in [0.15, 0.2) is 0 Å². The summed E-state index contributed by atoms with van der Waals surface area (Å²) in [5.74, 6) is 1.89. The molecule has 0 fully saturated rings. The quantitative estimate of drug-likeness (QED) is 0.502. The predicted molar refractivity (Wildman–Crippen MR) is 42.2 cm³/mol. The number of hydrogen-bond acceptors (Lipinski definition) is 1. The molecule has 2 heteroatoms. The standard InChI is InChI=1S/C9H6NO/c11-6-7-5-10-9-4-2-1-3-8(7)9/h1-4H,5H2. The summed E-state index contributed by atoms with van der Waals surface area (Å²) < 4.78 is 0. The molecular weight excluding hydrogens is 138 g/mol. The van der Waals surface area contributed by atoms with E-state index < -0.39 is 0 Å². The van der Waals surface area contributed by atoms with Crippen molar-refractivity contribution < 1.29 is 4.79 Å². The summed E-state index contributed by atoms with van der Waals surface area (Å²) in [6.07, 6.45) is 0. The van der Waals surface area contributed by atoms with Crippen molar-refractivity contribution in [2.24, 2.45) is 0 Å². The third-order valence-electron chi connectivity index (χ3n) is 1.76. The molecule has 1 aromatic rings. The fourth-order valence-corrected chi connectivity index (χ4v) is 1.20. The number of rotatable bonds is 0. The SMILES string of the molecule is O=C=C1C[N]c2ccccc21. The first-order valence-electron chi connectivity index (χ1n) is 3.42. The molecule has 0 spiro atoms. The molecule has 0 saturated heterocycles. The van der Waals surface area contributed by atoms with Gasteiger partial charge in [-0.25, -0.2) is 4.79 Å². The minimum Gasteiger partial charge on any atom is -0.279 e. The summed E-state index contributed by atoms with van der Waals surface area (Å²) in [5, 5.41) is 4.15. The Morgan fingerprint density at radius 3 is 3.00 bits per heavy atom. The van der Waals surface area contributed by atoms with Gasteiger partial charge in [-0.05, 0) is 6.07 Å². The van der Waals surface area contributed by atoms with Crippen LogP contribution in [-0.2, 0) is 4.79 Å². The molecule has 2 rings (SSSR count). The lowest BCUT2D eigenvalue weighted by Crippen LogP contribution is -1.89. The zero-order valence-corrected chi connectivity index (χ0v) is 5.87. The smallest absolute Gasteiger partial charge is 0.130 e. The van der Waals surface area contributed by atoms with E-state index in [-0.39, 0.29) is 0 Å². The highest BCUT2D eigenvalue weighted by molar-refractivity contribution is 5.95. The fraction of sp³-hybridized carbons (Fsp3) is 0.111. The third kappa shape index (κ3) is 0.846. The minimum atomic E-state index is 0.489. The lowest BCUT2D eigenvalue weighted by molar-refractivity contribution is 0.569. The van der Waals surface area contributed by atoms with Crippen LogP contribution in [0.1, 0.15) is 5.56 Å². The van der Waals surface area contributed by atoms with E-state index in [9.17, 15) is 4.79 Å². The number of nitrogens with zero attached hydrogens (tertiary/aromatic N) is 1. The predicted octanol–water partition coefficient (Wildman–Crippen LogP) is 1.15. The first-order valence-corrected chi connectivity index (χ1v) is 3.42. The van der Waals surface area contributed by atoms with Crippen LogP contribution in [0.2, 0.25) is 0 Å². The van der Waals surface area contributed by atoms with Crippen LogP contribution in [0.3, 0.4) is 0 Å².